The quantitative estimate of drug-likeness (QED) is 0.693. The molecule has 0 aliphatic rings. The molecular weight excluding hydrogens is 404 g/mol. The fourth-order valence-electron chi connectivity index (χ4n) is 2.54. The van der Waals surface area contributed by atoms with Gasteiger partial charge >= 0.3 is 0 Å². The van der Waals surface area contributed by atoms with Crippen molar-refractivity contribution in [1.82, 2.24) is 10.0 Å². The maximum absolute atomic E-state index is 12.7. The van der Waals surface area contributed by atoms with Gasteiger partial charge in [0, 0.05) is 19.3 Å². The number of amides is 1. The molecule has 0 aliphatic heterocycles. The van der Waals surface area contributed by atoms with Gasteiger partial charge in [-0.3, -0.25) is 4.79 Å². The molecule has 0 aliphatic carbocycles. The van der Waals surface area contributed by atoms with Crippen LogP contribution in [0.2, 0.25) is 0 Å². The van der Waals surface area contributed by atoms with Crippen molar-refractivity contribution in [3.63, 3.8) is 0 Å². The number of carbonyl (C=O) groups is 1. The lowest BCUT2D eigenvalue weighted by molar-refractivity contribution is 0.0960. The normalized spacial score (nSPS) is 13.0. The molecule has 0 heterocycles. The zero-order valence-corrected chi connectivity index (χ0v) is 17.5. The summed E-state index contributed by atoms with van der Waals surface area (Å²) < 4.78 is 56.1. The Morgan fingerprint density at radius 1 is 1.00 bits per heavy atom. The number of nitrogens with one attached hydrogen (secondary N) is 2. The number of rotatable bonds is 7. The highest BCUT2D eigenvalue weighted by Crippen LogP contribution is 2.24. The second-order valence-corrected chi connectivity index (χ2v) is 9.86. The van der Waals surface area contributed by atoms with E-state index in [9.17, 15) is 21.6 Å². The molecule has 2 N–H and O–H groups in total. The van der Waals surface area contributed by atoms with Gasteiger partial charge in [-0.15, -0.1) is 0 Å². The molecule has 0 spiro atoms. The SMILES string of the molecule is CNC(=O)c1cc(S(=O)(=O)N[C@H](C)c2ccc(S(C)(=O)=O)cc2)ccc1OC. The van der Waals surface area contributed by atoms with Gasteiger partial charge in [0.05, 0.1) is 22.5 Å². The second-order valence-electron chi connectivity index (χ2n) is 6.13. The Labute approximate surface area is 164 Å². The third-order valence-electron chi connectivity index (χ3n) is 4.09. The lowest BCUT2D eigenvalue weighted by atomic mass is 10.1. The molecule has 10 heteroatoms. The Morgan fingerprint density at radius 2 is 1.57 bits per heavy atom. The zero-order valence-electron chi connectivity index (χ0n) is 15.9. The van der Waals surface area contributed by atoms with Gasteiger partial charge in [0.1, 0.15) is 5.75 Å². The van der Waals surface area contributed by atoms with Crippen LogP contribution < -0.4 is 14.8 Å². The molecule has 0 radical (unpaired) electrons. The Kier molecular flexibility index (Phi) is 6.48. The fourth-order valence-corrected chi connectivity index (χ4v) is 4.43. The van der Waals surface area contributed by atoms with Crippen LogP contribution in [0.5, 0.6) is 5.75 Å². The molecule has 0 saturated carbocycles. The van der Waals surface area contributed by atoms with E-state index in [0.717, 1.165) is 6.26 Å². The number of hydrogen-bond acceptors (Lipinski definition) is 6. The Morgan fingerprint density at radius 3 is 2.07 bits per heavy atom. The van der Waals surface area contributed by atoms with Crippen LogP contribution in [0, 0.1) is 0 Å². The van der Waals surface area contributed by atoms with Crippen LogP contribution in [0.15, 0.2) is 52.3 Å². The minimum Gasteiger partial charge on any atom is -0.496 e. The molecule has 2 rings (SSSR count). The van der Waals surface area contributed by atoms with Crippen LogP contribution in [-0.2, 0) is 19.9 Å². The van der Waals surface area contributed by atoms with Crippen LogP contribution in [0.1, 0.15) is 28.9 Å². The van der Waals surface area contributed by atoms with Crippen molar-refractivity contribution in [2.75, 3.05) is 20.4 Å². The van der Waals surface area contributed by atoms with E-state index in [1.54, 1.807) is 19.1 Å². The van der Waals surface area contributed by atoms with Gasteiger partial charge in [-0.2, -0.15) is 0 Å². The minimum atomic E-state index is -3.94. The first-order valence-electron chi connectivity index (χ1n) is 8.22. The first-order valence-corrected chi connectivity index (χ1v) is 11.6. The van der Waals surface area contributed by atoms with Gasteiger partial charge < -0.3 is 10.1 Å². The van der Waals surface area contributed by atoms with E-state index in [0.29, 0.717) is 5.56 Å². The smallest absolute Gasteiger partial charge is 0.254 e. The van der Waals surface area contributed by atoms with E-state index >= 15 is 0 Å². The summed E-state index contributed by atoms with van der Waals surface area (Å²) in [7, 11) is -4.45. The second kappa shape index (κ2) is 8.29. The molecular formula is C18H22N2O6S2. The first kappa shape index (κ1) is 21.9. The Balaban J connectivity index is 2.31. The van der Waals surface area contributed by atoms with Crippen LogP contribution >= 0.6 is 0 Å². The van der Waals surface area contributed by atoms with Crippen molar-refractivity contribution in [2.24, 2.45) is 0 Å². The summed E-state index contributed by atoms with van der Waals surface area (Å²) in [6.07, 6.45) is 1.10. The average Bonchev–Trinajstić information content (AvgIpc) is 2.65. The number of benzene rings is 2. The van der Waals surface area contributed by atoms with E-state index in [1.807, 2.05) is 0 Å². The monoisotopic (exact) mass is 426 g/mol. The summed E-state index contributed by atoms with van der Waals surface area (Å²) in [6, 6.07) is 9.31. The highest BCUT2D eigenvalue weighted by Gasteiger charge is 2.22. The molecule has 0 fully saturated rings. The Hall–Kier alpha value is -2.43. The fraction of sp³-hybridized carbons (Fsp3) is 0.278. The Bertz CT molecular complexity index is 1080. The van der Waals surface area contributed by atoms with Crippen LogP contribution in [-0.4, -0.2) is 43.2 Å². The topological polar surface area (TPSA) is 119 Å². The predicted octanol–water partition coefficient (Wildman–Crippen LogP) is 1.50. The van der Waals surface area contributed by atoms with Gasteiger partial charge in [0.2, 0.25) is 10.0 Å². The van der Waals surface area contributed by atoms with Crippen molar-refractivity contribution in [3.8, 4) is 5.75 Å². The van der Waals surface area contributed by atoms with Gasteiger partial charge in [0.25, 0.3) is 5.91 Å². The molecule has 1 amide bonds. The number of hydrogen-bond donors (Lipinski definition) is 2. The van der Waals surface area contributed by atoms with Crippen molar-refractivity contribution in [2.45, 2.75) is 22.8 Å². The molecule has 8 nitrogen and oxygen atoms in total. The number of ether oxygens (including phenoxy) is 1. The van der Waals surface area contributed by atoms with Crippen LogP contribution in [0.3, 0.4) is 0 Å². The molecule has 0 bridgehead atoms. The van der Waals surface area contributed by atoms with Crippen molar-refractivity contribution >= 4 is 25.8 Å². The van der Waals surface area contributed by atoms with Gasteiger partial charge in [-0.1, -0.05) is 12.1 Å². The van der Waals surface area contributed by atoms with Gasteiger partial charge in [-0.05, 0) is 42.8 Å². The van der Waals surface area contributed by atoms with E-state index < -0.39 is 31.8 Å². The molecule has 28 heavy (non-hydrogen) atoms. The summed E-state index contributed by atoms with van der Waals surface area (Å²) in [6.45, 7) is 1.64. The third-order valence-corrected chi connectivity index (χ3v) is 6.76. The number of sulfone groups is 1. The number of carbonyl (C=O) groups excluding carboxylic acids is 1. The van der Waals surface area contributed by atoms with E-state index in [-0.39, 0.29) is 21.1 Å². The molecule has 2 aromatic rings. The number of sulfonamides is 1. The maximum Gasteiger partial charge on any atom is 0.254 e. The van der Waals surface area contributed by atoms with E-state index in [1.165, 1.54) is 44.5 Å². The summed E-state index contributed by atoms with van der Waals surface area (Å²) in [5.74, 6) is -0.221. The molecule has 0 aromatic heterocycles. The maximum atomic E-state index is 12.7. The van der Waals surface area contributed by atoms with Crippen LogP contribution in [0.25, 0.3) is 0 Å². The van der Waals surface area contributed by atoms with Crippen LogP contribution in [0.4, 0.5) is 0 Å². The van der Waals surface area contributed by atoms with E-state index in [4.69, 9.17) is 4.74 Å². The van der Waals surface area contributed by atoms with E-state index in [2.05, 4.69) is 10.0 Å². The van der Waals surface area contributed by atoms with Crippen molar-refractivity contribution < 1.29 is 26.4 Å². The summed E-state index contributed by atoms with van der Waals surface area (Å²) in [4.78, 5) is 12.0. The van der Waals surface area contributed by atoms with Crippen molar-refractivity contribution in [3.05, 3.63) is 53.6 Å². The molecule has 1 atom stereocenters. The zero-order chi connectivity index (χ0) is 21.1. The predicted molar refractivity (Wildman–Crippen MR) is 105 cm³/mol. The summed E-state index contributed by atoms with van der Waals surface area (Å²) in [5.41, 5.74) is 0.689. The third kappa shape index (κ3) is 4.89. The number of methoxy groups -OCH3 is 1. The van der Waals surface area contributed by atoms with Crippen molar-refractivity contribution in [1.29, 1.82) is 0 Å². The molecule has 0 saturated heterocycles. The summed E-state index contributed by atoms with van der Waals surface area (Å²) >= 11 is 0. The van der Waals surface area contributed by atoms with Gasteiger partial charge in [0.15, 0.2) is 9.84 Å². The standard InChI is InChI=1S/C18H22N2O6S2/c1-12(13-5-7-14(8-6-13)27(4,22)23)20-28(24,25)15-9-10-17(26-3)16(11-15)18(21)19-2/h5-12,20H,1-4H3,(H,19,21)/t12-/m1/s1. The highest BCUT2D eigenvalue weighted by molar-refractivity contribution is 7.90. The minimum absolute atomic E-state index is 0.0912. The molecule has 2 aromatic carbocycles. The lowest BCUT2D eigenvalue weighted by Gasteiger charge is -2.16. The highest BCUT2D eigenvalue weighted by atomic mass is 32.2. The molecule has 0 unspecified atom stereocenters. The average molecular weight is 427 g/mol. The summed E-state index contributed by atoms with van der Waals surface area (Å²) in [5, 5.41) is 2.44. The molecule has 152 valence electrons. The first-order chi connectivity index (χ1) is 13.0. The lowest BCUT2D eigenvalue weighted by Crippen LogP contribution is -2.27. The van der Waals surface area contributed by atoms with Gasteiger partial charge in [-0.25, -0.2) is 21.6 Å². The largest absolute Gasteiger partial charge is 0.496 e.